The highest BCUT2D eigenvalue weighted by Gasteiger charge is 2.35. The summed E-state index contributed by atoms with van der Waals surface area (Å²) in [6, 6.07) is 0.116. The van der Waals surface area contributed by atoms with Gasteiger partial charge in [-0.15, -0.1) is 10.2 Å². The van der Waals surface area contributed by atoms with Crippen LogP contribution in [0.4, 0.5) is 0 Å². The van der Waals surface area contributed by atoms with Crippen molar-refractivity contribution in [3.63, 3.8) is 0 Å². The van der Waals surface area contributed by atoms with Gasteiger partial charge >= 0.3 is 5.97 Å². The van der Waals surface area contributed by atoms with Crippen LogP contribution in [0.25, 0.3) is 0 Å². The van der Waals surface area contributed by atoms with Crippen molar-refractivity contribution in [3.05, 3.63) is 5.82 Å². The number of nitrogens with one attached hydrogen (secondary N) is 1. The first-order valence-electron chi connectivity index (χ1n) is 6.69. The topological polar surface area (TPSA) is 80.0 Å². The summed E-state index contributed by atoms with van der Waals surface area (Å²) in [5, 5.41) is 21.6. The molecular weight excluding hydrogens is 276 g/mol. The molecule has 0 aromatic carbocycles. The molecule has 2 atom stereocenters. The number of carboxylic acids is 1. The minimum Gasteiger partial charge on any atom is -0.480 e. The van der Waals surface area contributed by atoms with Gasteiger partial charge in [-0.25, -0.2) is 0 Å². The molecule has 0 aliphatic carbocycles. The molecule has 1 aromatic rings. The van der Waals surface area contributed by atoms with E-state index in [1.165, 1.54) is 0 Å². The summed E-state index contributed by atoms with van der Waals surface area (Å²) in [4.78, 5) is 11.5. The lowest BCUT2D eigenvalue weighted by atomic mass is 9.95. The molecule has 0 radical (unpaired) electrons. The summed E-state index contributed by atoms with van der Waals surface area (Å²) >= 11 is 1.55. The average molecular weight is 300 g/mol. The van der Waals surface area contributed by atoms with Gasteiger partial charge in [-0.2, -0.15) is 0 Å². The van der Waals surface area contributed by atoms with E-state index in [0.717, 1.165) is 11.0 Å². The quantitative estimate of drug-likeness (QED) is 0.748. The van der Waals surface area contributed by atoms with Crippen molar-refractivity contribution in [1.82, 2.24) is 20.1 Å². The molecule has 0 fully saturated rings. The van der Waals surface area contributed by atoms with Crippen LogP contribution in [-0.2, 0) is 11.8 Å². The Labute approximate surface area is 124 Å². The minimum absolute atomic E-state index is 0.115. The number of hydrogen-bond acceptors (Lipinski definition) is 5. The van der Waals surface area contributed by atoms with E-state index in [0.29, 0.717) is 6.42 Å². The molecule has 114 valence electrons. The van der Waals surface area contributed by atoms with Gasteiger partial charge in [-0.3, -0.25) is 10.1 Å². The van der Waals surface area contributed by atoms with E-state index in [2.05, 4.69) is 15.5 Å². The van der Waals surface area contributed by atoms with Crippen LogP contribution < -0.4 is 5.32 Å². The zero-order chi connectivity index (χ0) is 15.5. The smallest absolute Gasteiger partial charge is 0.323 e. The normalized spacial score (nSPS) is 16.1. The lowest BCUT2D eigenvalue weighted by Gasteiger charge is -2.30. The largest absolute Gasteiger partial charge is 0.480 e. The lowest BCUT2D eigenvalue weighted by molar-refractivity contribution is -0.144. The molecule has 1 heterocycles. The number of aliphatic carboxylic acids is 1. The van der Waals surface area contributed by atoms with Crippen LogP contribution in [0.2, 0.25) is 0 Å². The van der Waals surface area contributed by atoms with Crippen molar-refractivity contribution in [2.24, 2.45) is 7.05 Å². The number of carbonyl (C=O) groups is 1. The molecule has 1 rings (SSSR count). The van der Waals surface area contributed by atoms with E-state index in [1.54, 1.807) is 18.7 Å². The summed E-state index contributed by atoms with van der Waals surface area (Å²) < 4.78 is 1.91. The summed E-state index contributed by atoms with van der Waals surface area (Å²) in [6.45, 7) is 9.53. The van der Waals surface area contributed by atoms with Gasteiger partial charge in [0.25, 0.3) is 0 Å². The van der Waals surface area contributed by atoms with Crippen LogP contribution in [-0.4, -0.2) is 42.7 Å². The maximum absolute atomic E-state index is 11.5. The lowest BCUT2D eigenvalue weighted by Crippen LogP contribution is -2.53. The monoisotopic (exact) mass is 300 g/mol. The summed E-state index contributed by atoms with van der Waals surface area (Å²) in [5.74, 6) is 0.0220. The highest BCUT2D eigenvalue weighted by Crippen LogP contribution is 2.28. The van der Waals surface area contributed by atoms with Gasteiger partial charge in [-0.05, 0) is 34.1 Å². The van der Waals surface area contributed by atoms with Gasteiger partial charge in [0.05, 0.1) is 0 Å². The van der Waals surface area contributed by atoms with Gasteiger partial charge < -0.3 is 9.67 Å². The molecule has 0 aliphatic rings. The summed E-state index contributed by atoms with van der Waals surface area (Å²) in [6.07, 6.45) is 0.511. The number of aromatic nitrogens is 3. The van der Waals surface area contributed by atoms with Crippen LogP contribution in [0.1, 0.15) is 39.9 Å². The molecule has 6 nitrogen and oxygen atoms in total. The van der Waals surface area contributed by atoms with Crippen molar-refractivity contribution in [2.75, 3.05) is 0 Å². The molecule has 2 N–H and O–H groups in total. The predicted octanol–water partition coefficient (Wildman–Crippen LogP) is 1.84. The summed E-state index contributed by atoms with van der Waals surface area (Å²) in [5.41, 5.74) is -0.936. The Morgan fingerprint density at radius 2 is 2.05 bits per heavy atom. The second-order valence-electron chi connectivity index (χ2n) is 5.66. The molecule has 20 heavy (non-hydrogen) atoms. The first kappa shape index (κ1) is 17.0. The molecule has 0 saturated heterocycles. The van der Waals surface area contributed by atoms with E-state index in [9.17, 15) is 9.90 Å². The maximum Gasteiger partial charge on any atom is 0.323 e. The third kappa shape index (κ3) is 4.21. The number of thioether (sulfide) groups is 1. The highest BCUT2D eigenvalue weighted by molar-refractivity contribution is 7.99. The molecule has 0 saturated carbocycles. The van der Waals surface area contributed by atoms with Gasteiger partial charge in [0.1, 0.15) is 11.4 Å². The van der Waals surface area contributed by atoms with E-state index in [4.69, 9.17) is 0 Å². The molecular formula is C13H24N4O2S. The number of aryl methyl sites for hydroxylation is 1. The molecule has 7 heteroatoms. The number of hydrogen-bond donors (Lipinski definition) is 2. The molecule has 2 unspecified atom stereocenters. The third-order valence-corrected chi connectivity index (χ3v) is 4.27. The standard InChI is InChI=1S/C13H24N4O2S/c1-8(2)14-13(5,11(18)19)7-9(3)20-12-16-15-10(4)17(12)6/h8-9,14H,7H2,1-6H3,(H,18,19). The van der Waals surface area contributed by atoms with Crippen LogP contribution in [0.15, 0.2) is 5.16 Å². The van der Waals surface area contributed by atoms with Crippen LogP contribution in [0.5, 0.6) is 0 Å². The zero-order valence-corrected chi connectivity index (χ0v) is 13.8. The Morgan fingerprint density at radius 3 is 2.45 bits per heavy atom. The average Bonchev–Trinajstić information content (AvgIpc) is 2.59. The molecule has 0 aliphatic heterocycles. The fourth-order valence-corrected chi connectivity index (χ4v) is 3.29. The van der Waals surface area contributed by atoms with Crippen molar-refractivity contribution in [2.45, 2.75) is 63.0 Å². The second kappa shape index (κ2) is 6.58. The molecule has 0 bridgehead atoms. The van der Waals surface area contributed by atoms with Crippen molar-refractivity contribution < 1.29 is 9.90 Å². The van der Waals surface area contributed by atoms with Crippen molar-refractivity contribution >= 4 is 17.7 Å². The van der Waals surface area contributed by atoms with Crippen LogP contribution in [0, 0.1) is 6.92 Å². The Hall–Kier alpha value is -1.08. The fraction of sp³-hybridized carbons (Fsp3) is 0.769. The first-order chi connectivity index (χ1) is 9.15. The zero-order valence-electron chi connectivity index (χ0n) is 13.0. The Morgan fingerprint density at radius 1 is 1.45 bits per heavy atom. The second-order valence-corrected chi connectivity index (χ2v) is 7.06. The fourth-order valence-electron chi connectivity index (χ4n) is 2.13. The SMILES string of the molecule is Cc1nnc(SC(C)CC(C)(NC(C)C)C(=O)O)n1C. The van der Waals surface area contributed by atoms with E-state index in [1.807, 2.05) is 39.3 Å². The molecule has 0 spiro atoms. The Bertz CT molecular complexity index is 475. The Balaban J connectivity index is 2.74. The van der Waals surface area contributed by atoms with Crippen LogP contribution >= 0.6 is 11.8 Å². The minimum atomic E-state index is -0.936. The van der Waals surface area contributed by atoms with E-state index >= 15 is 0 Å². The predicted molar refractivity (Wildman–Crippen MR) is 80.0 cm³/mol. The van der Waals surface area contributed by atoms with Gasteiger partial charge in [-0.1, -0.05) is 18.7 Å². The number of nitrogens with zero attached hydrogens (tertiary/aromatic N) is 3. The van der Waals surface area contributed by atoms with Crippen molar-refractivity contribution in [3.8, 4) is 0 Å². The number of carboxylic acid groups (broad SMARTS) is 1. The van der Waals surface area contributed by atoms with Gasteiger partial charge in [0.15, 0.2) is 5.16 Å². The number of rotatable bonds is 7. The summed E-state index contributed by atoms with van der Waals surface area (Å²) in [7, 11) is 1.91. The first-order valence-corrected chi connectivity index (χ1v) is 7.57. The van der Waals surface area contributed by atoms with Crippen molar-refractivity contribution in [1.29, 1.82) is 0 Å². The third-order valence-electron chi connectivity index (χ3n) is 3.13. The molecule has 1 aromatic heterocycles. The maximum atomic E-state index is 11.5. The Kier molecular flexibility index (Phi) is 5.59. The highest BCUT2D eigenvalue weighted by atomic mass is 32.2. The van der Waals surface area contributed by atoms with Gasteiger partial charge in [0, 0.05) is 18.3 Å². The van der Waals surface area contributed by atoms with E-state index < -0.39 is 11.5 Å². The van der Waals surface area contributed by atoms with Gasteiger partial charge in [0.2, 0.25) is 0 Å². The van der Waals surface area contributed by atoms with E-state index in [-0.39, 0.29) is 11.3 Å². The molecule has 0 amide bonds. The van der Waals surface area contributed by atoms with Crippen LogP contribution in [0.3, 0.4) is 0 Å².